The second kappa shape index (κ2) is 5.87. The third kappa shape index (κ3) is 4.13. The summed E-state index contributed by atoms with van der Waals surface area (Å²) >= 11 is 0. The predicted octanol–water partition coefficient (Wildman–Crippen LogP) is 2.56. The normalized spacial score (nSPS) is 18.8. The molecular formula is C15H28N2O. The summed E-state index contributed by atoms with van der Waals surface area (Å²) in [7, 11) is 0. The zero-order valence-corrected chi connectivity index (χ0v) is 12.5. The van der Waals surface area contributed by atoms with Crippen LogP contribution >= 0.6 is 0 Å². The molecule has 0 aromatic carbocycles. The fourth-order valence-electron chi connectivity index (χ4n) is 2.39. The van der Waals surface area contributed by atoms with Gasteiger partial charge in [-0.1, -0.05) is 46.3 Å². The van der Waals surface area contributed by atoms with Gasteiger partial charge in [0.2, 0.25) is 5.91 Å². The van der Waals surface area contributed by atoms with Crippen molar-refractivity contribution in [1.29, 1.82) is 0 Å². The zero-order chi connectivity index (χ0) is 13.9. The van der Waals surface area contributed by atoms with E-state index in [9.17, 15) is 4.79 Å². The summed E-state index contributed by atoms with van der Waals surface area (Å²) in [6.07, 6.45) is 3.94. The van der Waals surface area contributed by atoms with Crippen LogP contribution in [0.2, 0.25) is 0 Å². The third-order valence-electron chi connectivity index (χ3n) is 3.53. The molecule has 0 aromatic heterocycles. The van der Waals surface area contributed by atoms with E-state index in [1.807, 2.05) is 4.90 Å². The fourth-order valence-corrected chi connectivity index (χ4v) is 2.39. The van der Waals surface area contributed by atoms with Gasteiger partial charge in [0.05, 0.1) is 6.04 Å². The van der Waals surface area contributed by atoms with Gasteiger partial charge in [-0.25, -0.2) is 0 Å². The molecule has 1 heterocycles. The van der Waals surface area contributed by atoms with Gasteiger partial charge >= 0.3 is 0 Å². The Balaban J connectivity index is 2.57. The molecule has 1 rings (SSSR count). The quantitative estimate of drug-likeness (QED) is 0.785. The first-order valence-corrected chi connectivity index (χ1v) is 6.95. The zero-order valence-electron chi connectivity index (χ0n) is 12.5. The molecule has 0 unspecified atom stereocenters. The van der Waals surface area contributed by atoms with Crippen molar-refractivity contribution in [3.63, 3.8) is 0 Å². The lowest BCUT2D eigenvalue weighted by atomic mass is 9.83. The van der Waals surface area contributed by atoms with Crippen molar-refractivity contribution in [3.05, 3.63) is 11.6 Å². The Kier molecular flexibility index (Phi) is 4.97. The van der Waals surface area contributed by atoms with Gasteiger partial charge < -0.3 is 10.6 Å². The molecule has 104 valence electrons. The molecule has 3 heteroatoms. The Labute approximate surface area is 111 Å². The molecule has 0 saturated carbocycles. The topological polar surface area (TPSA) is 46.3 Å². The van der Waals surface area contributed by atoms with Crippen molar-refractivity contribution in [2.45, 2.75) is 53.5 Å². The molecule has 2 N–H and O–H groups in total. The molecule has 0 aromatic rings. The Bertz CT molecular complexity index is 326. The van der Waals surface area contributed by atoms with E-state index < -0.39 is 0 Å². The standard InChI is InChI=1S/C15H28N2O/c1-11(2)10-13(16)14(18)17-8-6-12(7-9-17)15(3,4)5/h6,11,13H,7-10,16H2,1-5H3/t13-/m0/s1. The maximum absolute atomic E-state index is 12.2. The molecule has 0 spiro atoms. The summed E-state index contributed by atoms with van der Waals surface area (Å²) in [5, 5.41) is 0. The number of hydrogen-bond donors (Lipinski definition) is 1. The number of rotatable bonds is 3. The van der Waals surface area contributed by atoms with Crippen LogP contribution < -0.4 is 5.73 Å². The van der Waals surface area contributed by atoms with Crippen molar-refractivity contribution >= 4 is 5.91 Å². The molecule has 0 aliphatic carbocycles. The third-order valence-corrected chi connectivity index (χ3v) is 3.53. The summed E-state index contributed by atoms with van der Waals surface area (Å²) in [6, 6.07) is -0.338. The van der Waals surface area contributed by atoms with Gasteiger partial charge in [0.1, 0.15) is 0 Å². The highest BCUT2D eigenvalue weighted by Crippen LogP contribution is 2.30. The molecule has 1 aliphatic rings. The summed E-state index contributed by atoms with van der Waals surface area (Å²) in [6.45, 7) is 12.4. The largest absolute Gasteiger partial charge is 0.337 e. The molecule has 0 bridgehead atoms. The lowest BCUT2D eigenvalue weighted by Crippen LogP contribution is -2.46. The second-order valence-corrected chi connectivity index (χ2v) is 6.75. The lowest BCUT2D eigenvalue weighted by Gasteiger charge is -2.33. The minimum Gasteiger partial charge on any atom is -0.337 e. The number of amides is 1. The van der Waals surface area contributed by atoms with Gasteiger partial charge in [-0.15, -0.1) is 0 Å². The van der Waals surface area contributed by atoms with Crippen LogP contribution in [0, 0.1) is 11.3 Å². The molecule has 0 fully saturated rings. The molecule has 0 radical (unpaired) electrons. The first-order chi connectivity index (χ1) is 8.21. The number of hydrogen-bond acceptors (Lipinski definition) is 2. The number of carbonyl (C=O) groups excluding carboxylic acids is 1. The molecule has 1 atom stereocenters. The Hall–Kier alpha value is -0.830. The predicted molar refractivity (Wildman–Crippen MR) is 76.2 cm³/mol. The van der Waals surface area contributed by atoms with E-state index in [4.69, 9.17) is 5.73 Å². The Morgan fingerprint density at radius 1 is 1.44 bits per heavy atom. The van der Waals surface area contributed by atoms with Crippen LogP contribution in [0.5, 0.6) is 0 Å². The van der Waals surface area contributed by atoms with Gasteiger partial charge in [0, 0.05) is 13.1 Å². The van der Waals surface area contributed by atoms with Crippen LogP contribution in [0.25, 0.3) is 0 Å². The first-order valence-electron chi connectivity index (χ1n) is 6.95. The van der Waals surface area contributed by atoms with E-state index in [0.29, 0.717) is 5.92 Å². The van der Waals surface area contributed by atoms with E-state index in [0.717, 1.165) is 25.9 Å². The van der Waals surface area contributed by atoms with Crippen LogP contribution in [0.4, 0.5) is 0 Å². The SMILES string of the molecule is CC(C)C[C@H](N)C(=O)N1CC=C(C(C)(C)C)CC1. The summed E-state index contributed by atoms with van der Waals surface area (Å²) in [5.74, 6) is 0.572. The Morgan fingerprint density at radius 2 is 2.06 bits per heavy atom. The number of nitrogens with zero attached hydrogens (tertiary/aromatic N) is 1. The Morgan fingerprint density at radius 3 is 2.44 bits per heavy atom. The minimum atomic E-state index is -0.338. The van der Waals surface area contributed by atoms with Crippen molar-refractivity contribution < 1.29 is 4.79 Å². The first kappa shape index (κ1) is 15.2. The monoisotopic (exact) mass is 252 g/mol. The molecule has 1 aliphatic heterocycles. The van der Waals surface area contributed by atoms with Crippen molar-refractivity contribution in [2.24, 2.45) is 17.1 Å². The van der Waals surface area contributed by atoms with E-state index in [-0.39, 0.29) is 17.4 Å². The number of carbonyl (C=O) groups is 1. The van der Waals surface area contributed by atoms with Crippen LogP contribution in [0.1, 0.15) is 47.5 Å². The van der Waals surface area contributed by atoms with Gasteiger partial charge in [0.25, 0.3) is 0 Å². The van der Waals surface area contributed by atoms with Crippen molar-refractivity contribution in [3.8, 4) is 0 Å². The highest BCUT2D eigenvalue weighted by atomic mass is 16.2. The summed E-state index contributed by atoms with van der Waals surface area (Å²) < 4.78 is 0. The highest BCUT2D eigenvalue weighted by molar-refractivity contribution is 5.82. The molecule has 1 amide bonds. The van der Waals surface area contributed by atoms with E-state index in [2.05, 4.69) is 40.7 Å². The van der Waals surface area contributed by atoms with E-state index >= 15 is 0 Å². The average molecular weight is 252 g/mol. The van der Waals surface area contributed by atoms with Crippen molar-refractivity contribution in [1.82, 2.24) is 4.90 Å². The van der Waals surface area contributed by atoms with Gasteiger partial charge in [-0.05, 0) is 24.2 Å². The highest BCUT2D eigenvalue weighted by Gasteiger charge is 2.26. The van der Waals surface area contributed by atoms with Gasteiger partial charge in [-0.3, -0.25) is 4.79 Å². The molecular weight excluding hydrogens is 224 g/mol. The maximum atomic E-state index is 12.2. The van der Waals surface area contributed by atoms with E-state index in [1.54, 1.807) is 0 Å². The average Bonchev–Trinajstić information content (AvgIpc) is 2.26. The van der Waals surface area contributed by atoms with Crippen LogP contribution in [0.15, 0.2) is 11.6 Å². The van der Waals surface area contributed by atoms with Gasteiger partial charge in [0.15, 0.2) is 0 Å². The molecule has 0 saturated heterocycles. The van der Waals surface area contributed by atoms with E-state index in [1.165, 1.54) is 5.57 Å². The molecule has 18 heavy (non-hydrogen) atoms. The van der Waals surface area contributed by atoms with Crippen LogP contribution in [-0.4, -0.2) is 29.9 Å². The summed E-state index contributed by atoms with van der Waals surface area (Å²) in [4.78, 5) is 14.1. The van der Waals surface area contributed by atoms with Gasteiger partial charge in [-0.2, -0.15) is 0 Å². The molecule has 3 nitrogen and oxygen atoms in total. The second-order valence-electron chi connectivity index (χ2n) is 6.75. The minimum absolute atomic E-state index is 0.105. The lowest BCUT2D eigenvalue weighted by molar-refractivity contribution is -0.132. The summed E-state index contributed by atoms with van der Waals surface area (Å²) in [5.41, 5.74) is 7.62. The smallest absolute Gasteiger partial charge is 0.239 e. The maximum Gasteiger partial charge on any atom is 0.239 e. The van der Waals surface area contributed by atoms with Crippen LogP contribution in [0.3, 0.4) is 0 Å². The van der Waals surface area contributed by atoms with Crippen LogP contribution in [-0.2, 0) is 4.79 Å². The fraction of sp³-hybridized carbons (Fsp3) is 0.800. The van der Waals surface area contributed by atoms with Crippen molar-refractivity contribution in [2.75, 3.05) is 13.1 Å². The number of nitrogens with two attached hydrogens (primary N) is 1.